The Balaban J connectivity index is 1.44. The Morgan fingerprint density at radius 1 is 1.00 bits per heavy atom. The fourth-order valence-electron chi connectivity index (χ4n) is 4.94. The monoisotopic (exact) mass is 570 g/mol. The van der Waals surface area contributed by atoms with E-state index in [1.165, 1.54) is 0 Å². The van der Waals surface area contributed by atoms with Gasteiger partial charge >= 0.3 is 5.97 Å². The summed E-state index contributed by atoms with van der Waals surface area (Å²) in [4.78, 5) is 27.0. The topological polar surface area (TPSA) is 97.3 Å². The normalized spacial score (nSPS) is 18.5. The van der Waals surface area contributed by atoms with Gasteiger partial charge in [0.1, 0.15) is 29.4 Å². The minimum Gasteiger partial charge on any atom is -0.497 e. The van der Waals surface area contributed by atoms with Gasteiger partial charge in [-0.3, -0.25) is 9.59 Å². The summed E-state index contributed by atoms with van der Waals surface area (Å²) in [5, 5.41) is 13.5. The fourth-order valence-corrected chi connectivity index (χ4v) is 5.30. The van der Waals surface area contributed by atoms with Crippen LogP contribution in [0.25, 0.3) is 0 Å². The largest absolute Gasteiger partial charge is 0.497 e. The number of carboxylic acids is 1. The maximum absolute atomic E-state index is 14.1. The number of benzene rings is 3. The van der Waals surface area contributed by atoms with E-state index >= 15 is 0 Å². The number of carbonyl (C=O) groups excluding carboxylic acids is 1. The molecule has 3 aromatic rings. The van der Waals surface area contributed by atoms with Gasteiger partial charge in [0, 0.05) is 41.1 Å². The van der Waals surface area contributed by atoms with Gasteiger partial charge in [0.05, 0.1) is 25.2 Å². The minimum atomic E-state index is -0.810. The molecule has 0 bridgehead atoms. The van der Waals surface area contributed by atoms with Crippen LogP contribution in [0.15, 0.2) is 54.6 Å². The summed E-state index contributed by atoms with van der Waals surface area (Å²) in [7, 11) is 3.11. The Kier molecular flexibility index (Phi) is 7.77. The zero-order valence-electron chi connectivity index (χ0n) is 21.4. The highest BCUT2D eigenvalue weighted by Crippen LogP contribution is 2.39. The van der Waals surface area contributed by atoms with Crippen LogP contribution in [0.5, 0.6) is 17.2 Å². The highest BCUT2D eigenvalue weighted by molar-refractivity contribution is 6.32. The number of halogens is 2. The first-order chi connectivity index (χ1) is 18.7. The van der Waals surface area contributed by atoms with Gasteiger partial charge in [-0.05, 0) is 54.7 Å². The molecule has 3 aromatic carbocycles. The first-order valence-corrected chi connectivity index (χ1v) is 13.3. The number of nitrogens with one attached hydrogen (secondary N) is 1. The molecule has 0 unspecified atom stereocenters. The number of aliphatic carboxylic acids is 1. The van der Waals surface area contributed by atoms with Crippen LogP contribution in [0.3, 0.4) is 0 Å². The lowest BCUT2D eigenvalue weighted by Crippen LogP contribution is -2.38. The molecule has 1 heterocycles. The van der Waals surface area contributed by atoms with Crippen LogP contribution >= 0.6 is 23.2 Å². The summed E-state index contributed by atoms with van der Waals surface area (Å²) in [6.07, 6.45) is 1.38. The lowest BCUT2D eigenvalue weighted by Gasteiger charge is -2.32. The fraction of sp³-hybridized carbons (Fsp3) is 0.310. The molecule has 39 heavy (non-hydrogen) atoms. The molecular weight excluding hydrogens is 543 g/mol. The SMILES string of the molecule is COc1cc(N[C@H](C(=O)N2CCc3cc(OC)c(Cl)cc32)c2ccc(Cl)cc2)cc(OC2CC(C(=O)O)C2)c1. The molecule has 0 spiro atoms. The van der Waals surface area contributed by atoms with Crippen molar-refractivity contribution in [1.82, 2.24) is 0 Å². The van der Waals surface area contributed by atoms with Gasteiger partial charge in [0.2, 0.25) is 0 Å². The molecule has 2 N–H and O–H groups in total. The Bertz CT molecular complexity index is 1390. The summed E-state index contributed by atoms with van der Waals surface area (Å²) in [6, 6.07) is 15.3. The van der Waals surface area contributed by atoms with Crippen molar-refractivity contribution >= 4 is 46.5 Å². The second-order valence-corrected chi connectivity index (χ2v) is 10.5. The molecule has 0 saturated heterocycles. The Morgan fingerprint density at radius 3 is 2.38 bits per heavy atom. The standard InChI is InChI=1S/C29H28Cl2N2O6/c1-37-21-12-20(13-23(14-21)39-22-9-18(10-22)29(35)36)32-27(16-3-5-19(30)6-4-16)28(34)33-8-7-17-11-26(38-2)24(31)15-25(17)33/h3-6,11-15,18,22,27,32H,7-10H2,1-2H3,(H,35,36)/t18?,22?,27-/m0/s1. The number of ether oxygens (including phenoxy) is 3. The van der Waals surface area contributed by atoms with Gasteiger partial charge < -0.3 is 29.5 Å². The van der Waals surface area contributed by atoms with E-state index in [9.17, 15) is 9.59 Å². The van der Waals surface area contributed by atoms with Gasteiger partial charge in [0.25, 0.3) is 5.91 Å². The molecule has 1 atom stereocenters. The molecule has 0 aromatic heterocycles. The van der Waals surface area contributed by atoms with Gasteiger partial charge in [-0.2, -0.15) is 0 Å². The van der Waals surface area contributed by atoms with Crippen molar-refractivity contribution in [3.63, 3.8) is 0 Å². The van der Waals surface area contributed by atoms with Crippen LogP contribution in [-0.4, -0.2) is 43.9 Å². The maximum atomic E-state index is 14.1. The van der Waals surface area contributed by atoms with Crippen LogP contribution < -0.4 is 24.4 Å². The summed E-state index contributed by atoms with van der Waals surface area (Å²) >= 11 is 12.5. The summed E-state index contributed by atoms with van der Waals surface area (Å²) in [5.74, 6) is 0.278. The lowest BCUT2D eigenvalue weighted by atomic mass is 9.82. The molecule has 1 aliphatic heterocycles. The number of carbonyl (C=O) groups is 2. The van der Waals surface area contributed by atoms with Crippen molar-refractivity contribution in [3.8, 4) is 17.2 Å². The van der Waals surface area contributed by atoms with Gasteiger partial charge in [0.15, 0.2) is 0 Å². The molecule has 1 amide bonds. The Labute approximate surface area is 236 Å². The number of fused-ring (bicyclic) bond motifs is 1. The van der Waals surface area contributed by atoms with Crippen molar-refractivity contribution in [2.75, 3.05) is 31.0 Å². The van der Waals surface area contributed by atoms with Crippen LogP contribution in [-0.2, 0) is 16.0 Å². The molecule has 1 aliphatic carbocycles. The molecule has 204 valence electrons. The van der Waals surface area contributed by atoms with Crippen LogP contribution in [0.2, 0.25) is 10.0 Å². The summed E-state index contributed by atoms with van der Waals surface area (Å²) < 4.78 is 16.9. The molecule has 2 aliphatic rings. The van der Waals surface area contributed by atoms with E-state index in [-0.39, 0.29) is 17.9 Å². The van der Waals surface area contributed by atoms with E-state index in [1.807, 2.05) is 18.2 Å². The van der Waals surface area contributed by atoms with Gasteiger partial charge in [-0.1, -0.05) is 35.3 Å². The maximum Gasteiger partial charge on any atom is 0.306 e. The molecule has 8 nitrogen and oxygen atoms in total. The number of hydrogen-bond donors (Lipinski definition) is 2. The second kappa shape index (κ2) is 11.2. The van der Waals surface area contributed by atoms with Crippen molar-refractivity contribution in [3.05, 3.63) is 75.8 Å². The van der Waals surface area contributed by atoms with E-state index in [2.05, 4.69) is 5.32 Å². The molecule has 5 rings (SSSR count). The molecule has 0 radical (unpaired) electrons. The number of anilines is 2. The Morgan fingerprint density at radius 2 is 1.72 bits per heavy atom. The average Bonchev–Trinajstić information content (AvgIpc) is 3.31. The lowest BCUT2D eigenvalue weighted by molar-refractivity contribution is -0.147. The van der Waals surface area contributed by atoms with Crippen LogP contribution in [0.1, 0.15) is 30.0 Å². The quantitative estimate of drug-likeness (QED) is 0.326. The highest BCUT2D eigenvalue weighted by Gasteiger charge is 2.36. The molecular formula is C29H28Cl2N2O6. The first-order valence-electron chi connectivity index (χ1n) is 12.5. The summed E-state index contributed by atoms with van der Waals surface area (Å²) in [6.45, 7) is 0.502. The number of methoxy groups -OCH3 is 2. The zero-order valence-corrected chi connectivity index (χ0v) is 23.0. The minimum absolute atomic E-state index is 0.161. The van der Waals surface area contributed by atoms with Gasteiger partial charge in [-0.25, -0.2) is 0 Å². The predicted octanol–water partition coefficient (Wildman–Crippen LogP) is 6.00. The second-order valence-electron chi connectivity index (χ2n) is 9.63. The highest BCUT2D eigenvalue weighted by atomic mass is 35.5. The summed E-state index contributed by atoms with van der Waals surface area (Å²) in [5.41, 5.74) is 3.07. The molecule has 1 saturated carbocycles. The van der Waals surface area contributed by atoms with Crippen LogP contribution in [0.4, 0.5) is 11.4 Å². The van der Waals surface area contributed by atoms with Gasteiger partial charge in [-0.15, -0.1) is 0 Å². The predicted molar refractivity (Wildman–Crippen MR) is 150 cm³/mol. The van der Waals surface area contributed by atoms with E-state index in [4.69, 9.17) is 42.5 Å². The van der Waals surface area contributed by atoms with Crippen molar-refractivity contribution in [2.24, 2.45) is 5.92 Å². The van der Waals surface area contributed by atoms with E-state index in [1.54, 1.807) is 55.5 Å². The number of hydrogen-bond acceptors (Lipinski definition) is 6. The third-order valence-electron chi connectivity index (χ3n) is 7.14. The van der Waals surface area contributed by atoms with E-state index in [0.29, 0.717) is 58.8 Å². The van der Waals surface area contributed by atoms with Crippen molar-refractivity contribution in [1.29, 1.82) is 0 Å². The number of nitrogens with zero attached hydrogens (tertiary/aromatic N) is 1. The zero-order chi connectivity index (χ0) is 27.7. The average molecular weight is 571 g/mol. The molecule has 1 fully saturated rings. The Hall–Kier alpha value is -3.62. The number of amides is 1. The van der Waals surface area contributed by atoms with E-state index in [0.717, 1.165) is 16.8 Å². The van der Waals surface area contributed by atoms with Crippen molar-refractivity contribution in [2.45, 2.75) is 31.4 Å². The van der Waals surface area contributed by atoms with Crippen molar-refractivity contribution < 1.29 is 28.9 Å². The number of rotatable bonds is 9. The third-order valence-corrected chi connectivity index (χ3v) is 7.69. The third kappa shape index (κ3) is 5.72. The van der Waals surface area contributed by atoms with Crippen LogP contribution in [0, 0.1) is 5.92 Å². The van der Waals surface area contributed by atoms with E-state index < -0.39 is 12.0 Å². The molecule has 10 heteroatoms. The first kappa shape index (κ1) is 27.0. The number of carboxylic acid groups (broad SMARTS) is 1. The smallest absolute Gasteiger partial charge is 0.306 e.